The van der Waals surface area contributed by atoms with E-state index >= 15 is 0 Å². The molecule has 0 aliphatic carbocycles. The van der Waals surface area contributed by atoms with Crippen molar-refractivity contribution in [3.63, 3.8) is 0 Å². The van der Waals surface area contributed by atoms with E-state index in [9.17, 15) is 0 Å². The van der Waals surface area contributed by atoms with Crippen molar-refractivity contribution in [3.8, 4) is 50.2 Å². The average Bonchev–Trinajstić information content (AvgIpc) is 4.12. The molecule has 0 fully saturated rings. The molecule has 3 heterocycles. The number of benzene rings is 11. The first-order valence-corrected chi connectivity index (χ1v) is 23.8. The molecule has 4 heteroatoms. The quantitative estimate of drug-likeness (QED) is 0.152. The van der Waals surface area contributed by atoms with Crippen molar-refractivity contribution in [2.45, 2.75) is 0 Å². The third-order valence-electron chi connectivity index (χ3n) is 14.0. The maximum atomic E-state index is 6.80. The largest absolute Gasteiger partial charge is 0.455 e. The first kappa shape index (κ1) is 39.8. The van der Waals surface area contributed by atoms with Crippen LogP contribution in [-0.2, 0) is 0 Å². The topological polar surface area (TPSA) is 34.5 Å². The molecule has 0 amide bonds. The number of furan rings is 2. The Morgan fingerprint density at radius 2 is 0.714 bits per heavy atom. The fraction of sp³-hybridized carbons (Fsp3) is 0. The molecule has 0 aliphatic rings. The second-order valence-electron chi connectivity index (χ2n) is 18.0. The van der Waals surface area contributed by atoms with Crippen LogP contribution >= 0.6 is 0 Å². The number of hydrogen-bond donors (Lipinski definition) is 0. The Kier molecular flexibility index (Phi) is 9.17. The van der Waals surface area contributed by atoms with Crippen LogP contribution in [0.1, 0.15) is 0 Å². The van der Waals surface area contributed by atoms with Gasteiger partial charge in [0.25, 0.3) is 0 Å². The fourth-order valence-corrected chi connectivity index (χ4v) is 10.7. The van der Waals surface area contributed by atoms with Crippen LogP contribution in [0.25, 0.3) is 116 Å². The van der Waals surface area contributed by atoms with Crippen LogP contribution in [0.4, 0.5) is 17.1 Å². The zero-order valence-corrected chi connectivity index (χ0v) is 38.0. The van der Waals surface area contributed by atoms with E-state index in [1.165, 1.54) is 16.5 Å². The van der Waals surface area contributed by atoms with Crippen molar-refractivity contribution in [3.05, 3.63) is 255 Å². The predicted octanol–water partition coefficient (Wildman–Crippen LogP) is 18.7. The molecule has 0 radical (unpaired) electrons. The SMILES string of the molecule is c1ccc(-c2ccc(N(c3ccc(-c4ccc(-n5c6ccccc6c6c7oc8ccccc8c7ccc65)cc4)cc3)c3ccc(-c4cccc5c4oc4c(-c6ccccc6)cccc45)cc3)cc2)cc1. The number of anilines is 3. The van der Waals surface area contributed by atoms with E-state index < -0.39 is 0 Å². The highest BCUT2D eigenvalue weighted by atomic mass is 16.3. The monoisotopic (exact) mass is 894 g/mol. The average molecular weight is 895 g/mol. The summed E-state index contributed by atoms with van der Waals surface area (Å²) in [4.78, 5) is 2.33. The molecule has 0 aliphatic heterocycles. The van der Waals surface area contributed by atoms with Crippen molar-refractivity contribution in [2.75, 3.05) is 4.90 Å². The molecule has 0 saturated heterocycles. The maximum Gasteiger partial charge on any atom is 0.145 e. The van der Waals surface area contributed by atoms with Gasteiger partial charge >= 0.3 is 0 Å². The summed E-state index contributed by atoms with van der Waals surface area (Å²) in [6, 6.07) is 90.9. The van der Waals surface area contributed by atoms with Crippen LogP contribution in [0.5, 0.6) is 0 Å². The van der Waals surface area contributed by atoms with Gasteiger partial charge in [0.2, 0.25) is 0 Å². The second kappa shape index (κ2) is 16.2. The normalized spacial score (nSPS) is 11.7. The van der Waals surface area contributed by atoms with Gasteiger partial charge in [-0.05, 0) is 106 Å². The molecule has 0 spiro atoms. The molecule has 0 atom stereocenters. The van der Waals surface area contributed by atoms with Crippen molar-refractivity contribution in [1.82, 2.24) is 4.57 Å². The fourth-order valence-electron chi connectivity index (χ4n) is 10.7. The molecule has 11 aromatic carbocycles. The van der Waals surface area contributed by atoms with Gasteiger partial charge in [0.15, 0.2) is 0 Å². The Morgan fingerprint density at radius 3 is 1.31 bits per heavy atom. The highest BCUT2D eigenvalue weighted by molar-refractivity contribution is 6.24. The lowest BCUT2D eigenvalue weighted by Gasteiger charge is -2.26. The third-order valence-corrected chi connectivity index (χ3v) is 14.0. The van der Waals surface area contributed by atoms with Crippen LogP contribution in [0.2, 0.25) is 0 Å². The minimum atomic E-state index is 0.893. The summed E-state index contributed by atoms with van der Waals surface area (Å²) in [5.74, 6) is 0. The molecule has 328 valence electrons. The smallest absolute Gasteiger partial charge is 0.145 e. The Balaban J connectivity index is 0.816. The van der Waals surface area contributed by atoms with Crippen LogP contribution in [0, 0.1) is 0 Å². The van der Waals surface area contributed by atoms with Crippen molar-refractivity contribution in [2.24, 2.45) is 0 Å². The van der Waals surface area contributed by atoms with E-state index in [1.54, 1.807) is 0 Å². The van der Waals surface area contributed by atoms with Gasteiger partial charge in [0, 0.05) is 60.8 Å². The summed E-state index contributed by atoms with van der Waals surface area (Å²) >= 11 is 0. The third kappa shape index (κ3) is 6.46. The molecule has 0 unspecified atom stereocenters. The van der Waals surface area contributed by atoms with E-state index in [2.05, 4.69) is 252 Å². The first-order valence-electron chi connectivity index (χ1n) is 23.8. The Labute approximate surface area is 404 Å². The van der Waals surface area contributed by atoms with Crippen molar-refractivity contribution < 1.29 is 8.83 Å². The van der Waals surface area contributed by atoms with E-state index in [0.717, 1.165) is 116 Å². The number of fused-ring (bicyclic) bond motifs is 10. The first-order chi connectivity index (χ1) is 34.7. The summed E-state index contributed by atoms with van der Waals surface area (Å²) in [5.41, 5.74) is 19.3. The summed E-state index contributed by atoms with van der Waals surface area (Å²) < 4.78 is 15.7. The zero-order chi connectivity index (χ0) is 46.1. The highest BCUT2D eigenvalue weighted by Crippen LogP contribution is 2.44. The molecule has 0 saturated carbocycles. The highest BCUT2D eigenvalue weighted by Gasteiger charge is 2.20. The van der Waals surface area contributed by atoms with Gasteiger partial charge in [0.1, 0.15) is 22.3 Å². The molecule has 14 aromatic rings. The number of rotatable bonds is 8. The van der Waals surface area contributed by atoms with E-state index in [4.69, 9.17) is 8.83 Å². The number of para-hydroxylation sites is 4. The lowest BCUT2D eigenvalue weighted by atomic mass is 10.00. The molecular weight excluding hydrogens is 853 g/mol. The van der Waals surface area contributed by atoms with Crippen LogP contribution in [0.15, 0.2) is 264 Å². The van der Waals surface area contributed by atoms with Crippen molar-refractivity contribution >= 4 is 82.7 Å². The lowest BCUT2D eigenvalue weighted by Crippen LogP contribution is -2.09. The van der Waals surface area contributed by atoms with E-state index in [1.807, 2.05) is 12.1 Å². The molecule has 14 rings (SSSR count). The molecular formula is C66H42N2O2. The van der Waals surface area contributed by atoms with E-state index in [-0.39, 0.29) is 0 Å². The number of hydrogen-bond acceptors (Lipinski definition) is 3. The molecule has 0 N–H and O–H groups in total. The van der Waals surface area contributed by atoms with Gasteiger partial charge in [-0.1, -0.05) is 182 Å². The maximum absolute atomic E-state index is 6.80. The van der Waals surface area contributed by atoms with Gasteiger partial charge < -0.3 is 18.3 Å². The zero-order valence-electron chi connectivity index (χ0n) is 38.0. The standard InChI is InChI=1S/C66H42N2O2/c1-3-13-43(14-4-1)44-25-33-49(34-26-44)67(51-39-31-48(32-40-51)54-20-12-22-57-56-21-11-19-53(64(56)70-65(54)57)47-15-5-2-6-16-47)50-35-27-45(28-36-50)46-29-37-52(38-30-46)68-60-23-9-7-18-59(60)63-61(68)42-41-58-55-17-8-10-24-62(55)69-66(58)63/h1-42H. The predicted molar refractivity (Wildman–Crippen MR) is 292 cm³/mol. The van der Waals surface area contributed by atoms with Gasteiger partial charge in [-0.15, -0.1) is 0 Å². The summed E-state index contributed by atoms with van der Waals surface area (Å²) in [6.45, 7) is 0. The van der Waals surface area contributed by atoms with Crippen LogP contribution in [-0.4, -0.2) is 4.57 Å². The minimum absolute atomic E-state index is 0.893. The van der Waals surface area contributed by atoms with Gasteiger partial charge in [-0.3, -0.25) is 0 Å². The minimum Gasteiger partial charge on any atom is -0.455 e. The summed E-state index contributed by atoms with van der Waals surface area (Å²) in [6.07, 6.45) is 0. The van der Waals surface area contributed by atoms with Crippen LogP contribution < -0.4 is 4.90 Å². The van der Waals surface area contributed by atoms with Gasteiger partial charge in [-0.2, -0.15) is 0 Å². The Hall–Kier alpha value is -9.38. The number of nitrogens with zero attached hydrogens (tertiary/aromatic N) is 2. The molecule has 70 heavy (non-hydrogen) atoms. The Morgan fingerprint density at radius 1 is 0.271 bits per heavy atom. The second-order valence-corrected chi connectivity index (χ2v) is 18.0. The van der Waals surface area contributed by atoms with Gasteiger partial charge in [0.05, 0.1) is 16.4 Å². The molecule has 4 nitrogen and oxygen atoms in total. The summed E-state index contributed by atoms with van der Waals surface area (Å²) in [5, 5.41) is 6.82. The lowest BCUT2D eigenvalue weighted by molar-refractivity contribution is 0.671. The van der Waals surface area contributed by atoms with Crippen LogP contribution in [0.3, 0.4) is 0 Å². The molecule has 3 aromatic heterocycles. The molecule has 0 bridgehead atoms. The number of aromatic nitrogens is 1. The van der Waals surface area contributed by atoms with Gasteiger partial charge in [-0.25, -0.2) is 0 Å². The Bertz CT molecular complexity index is 4240. The summed E-state index contributed by atoms with van der Waals surface area (Å²) in [7, 11) is 0. The van der Waals surface area contributed by atoms with E-state index in [0.29, 0.717) is 0 Å². The van der Waals surface area contributed by atoms with Crippen molar-refractivity contribution in [1.29, 1.82) is 0 Å².